The highest BCUT2D eigenvalue weighted by molar-refractivity contribution is 5.87. The van der Waals surface area contributed by atoms with Gasteiger partial charge in [0.05, 0.1) is 0 Å². The quantitative estimate of drug-likeness (QED) is 0.457. The second-order valence-corrected chi connectivity index (χ2v) is 4.22. The number of allylic oxidation sites excluding steroid dienone is 1. The lowest BCUT2D eigenvalue weighted by atomic mass is 10.3. The first-order valence-electron chi connectivity index (χ1n) is 6.80. The lowest BCUT2D eigenvalue weighted by Crippen LogP contribution is -2.31. The summed E-state index contributed by atoms with van der Waals surface area (Å²) in [5.41, 5.74) is 0. The van der Waals surface area contributed by atoms with Gasteiger partial charge in [-0.15, -0.1) is 6.58 Å². The summed E-state index contributed by atoms with van der Waals surface area (Å²) in [6, 6.07) is 0. The maximum Gasteiger partial charge on any atom is 0.246 e. The third-order valence-electron chi connectivity index (χ3n) is 2.70. The molecule has 114 valence electrons. The van der Waals surface area contributed by atoms with Crippen molar-refractivity contribution < 1.29 is 9.59 Å². The average Bonchev–Trinajstić information content (AvgIpc) is 2.51. The van der Waals surface area contributed by atoms with Gasteiger partial charge in [0, 0.05) is 26.2 Å². The average molecular weight is 288 g/mol. The molecule has 0 aliphatic carbocycles. The van der Waals surface area contributed by atoms with E-state index in [1.54, 1.807) is 15.9 Å². The van der Waals surface area contributed by atoms with Crippen molar-refractivity contribution in [2.75, 3.05) is 26.2 Å². The number of amides is 2. The van der Waals surface area contributed by atoms with Gasteiger partial charge in [-0.3, -0.25) is 9.59 Å². The van der Waals surface area contributed by atoms with Crippen molar-refractivity contribution in [3.63, 3.8) is 0 Å². The molecular weight excluding hydrogens is 264 g/mol. The number of rotatable bonds is 10. The number of carbonyl (C=O) groups is 2. The molecule has 0 aromatic heterocycles. The molecule has 0 saturated carbocycles. The van der Waals surface area contributed by atoms with Gasteiger partial charge in [0.2, 0.25) is 11.8 Å². The molecule has 0 fully saturated rings. The summed E-state index contributed by atoms with van der Waals surface area (Å²) in [5.74, 6) is -0.268. The van der Waals surface area contributed by atoms with Crippen molar-refractivity contribution in [2.24, 2.45) is 0 Å². The fourth-order valence-electron chi connectivity index (χ4n) is 1.56. The number of carbonyl (C=O) groups excluding carboxylic acids is 2. The Hall–Kier alpha value is -2.36. The number of nitrogens with zero attached hydrogens (tertiary/aromatic N) is 2. The van der Waals surface area contributed by atoms with E-state index in [-0.39, 0.29) is 11.8 Å². The summed E-state index contributed by atoms with van der Waals surface area (Å²) in [4.78, 5) is 26.5. The van der Waals surface area contributed by atoms with E-state index in [9.17, 15) is 9.59 Å². The molecule has 21 heavy (non-hydrogen) atoms. The van der Waals surface area contributed by atoms with Crippen molar-refractivity contribution in [1.82, 2.24) is 9.80 Å². The van der Waals surface area contributed by atoms with Crippen LogP contribution in [-0.4, -0.2) is 47.8 Å². The molecule has 0 aliphatic heterocycles. The topological polar surface area (TPSA) is 40.6 Å². The predicted molar refractivity (Wildman–Crippen MR) is 87.7 cm³/mol. The van der Waals surface area contributed by atoms with Gasteiger partial charge in [0.25, 0.3) is 0 Å². The normalized spacial score (nSPS) is 10.5. The van der Waals surface area contributed by atoms with Gasteiger partial charge in [0.1, 0.15) is 0 Å². The predicted octanol–water partition coefficient (Wildman–Crippen LogP) is 2.33. The van der Waals surface area contributed by atoms with E-state index in [2.05, 4.69) is 19.7 Å². The molecule has 0 atom stereocenters. The first kappa shape index (κ1) is 18.6. The Balaban J connectivity index is 4.52. The van der Waals surface area contributed by atoms with Crippen LogP contribution in [0.1, 0.15) is 6.92 Å². The molecule has 0 spiro atoms. The maximum absolute atomic E-state index is 11.7. The smallest absolute Gasteiger partial charge is 0.246 e. The Morgan fingerprint density at radius 2 is 1.24 bits per heavy atom. The van der Waals surface area contributed by atoms with Crippen LogP contribution in [0.2, 0.25) is 0 Å². The molecule has 0 bridgehead atoms. The van der Waals surface area contributed by atoms with Crippen molar-refractivity contribution >= 4 is 11.8 Å². The van der Waals surface area contributed by atoms with Gasteiger partial charge >= 0.3 is 0 Å². The van der Waals surface area contributed by atoms with Crippen molar-refractivity contribution in [3.05, 3.63) is 62.3 Å². The van der Waals surface area contributed by atoms with Crippen LogP contribution in [-0.2, 0) is 9.59 Å². The van der Waals surface area contributed by atoms with Gasteiger partial charge in [-0.1, -0.05) is 43.5 Å². The largest absolute Gasteiger partial charge is 0.332 e. The zero-order chi connectivity index (χ0) is 16.1. The van der Waals surface area contributed by atoms with Crippen molar-refractivity contribution in [2.45, 2.75) is 6.92 Å². The van der Waals surface area contributed by atoms with Crippen LogP contribution in [0.5, 0.6) is 0 Å². The molecular formula is C17H24N2O2. The van der Waals surface area contributed by atoms with Gasteiger partial charge < -0.3 is 9.80 Å². The highest BCUT2D eigenvalue weighted by Gasteiger charge is 2.07. The van der Waals surface area contributed by atoms with E-state index in [1.807, 2.05) is 31.2 Å². The van der Waals surface area contributed by atoms with E-state index in [0.29, 0.717) is 26.2 Å². The minimum absolute atomic E-state index is 0.122. The van der Waals surface area contributed by atoms with Crippen LogP contribution < -0.4 is 0 Å². The molecule has 2 amide bonds. The number of hydrogen-bond acceptors (Lipinski definition) is 2. The summed E-state index contributed by atoms with van der Waals surface area (Å²) in [5, 5.41) is 0. The van der Waals surface area contributed by atoms with Gasteiger partial charge in [-0.2, -0.15) is 0 Å². The minimum atomic E-state index is -0.146. The summed E-state index contributed by atoms with van der Waals surface area (Å²) < 4.78 is 0. The Kier molecular flexibility index (Phi) is 10.2. The highest BCUT2D eigenvalue weighted by Crippen LogP contribution is 1.96. The van der Waals surface area contributed by atoms with Crippen LogP contribution in [0.15, 0.2) is 62.3 Å². The fraction of sp³-hybridized carbons (Fsp3) is 0.294. The Labute approximate surface area is 127 Å². The summed E-state index contributed by atoms with van der Waals surface area (Å²) in [6.07, 6.45) is 11.7. The zero-order valence-corrected chi connectivity index (χ0v) is 12.7. The summed E-state index contributed by atoms with van der Waals surface area (Å²) >= 11 is 0. The first-order chi connectivity index (χ1) is 10.1. The van der Waals surface area contributed by atoms with E-state index in [0.717, 1.165) is 0 Å². The Morgan fingerprint density at radius 1 is 0.810 bits per heavy atom. The third-order valence-corrected chi connectivity index (χ3v) is 2.70. The molecule has 0 aromatic carbocycles. The second-order valence-electron chi connectivity index (χ2n) is 4.22. The number of hydrogen-bond donors (Lipinski definition) is 0. The van der Waals surface area contributed by atoms with Crippen molar-refractivity contribution in [1.29, 1.82) is 0 Å². The summed E-state index contributed by atoms with van der Waals surface area (Å²) in [7, 11) is 0. The molecule has 0 saturated heterocycles. The van der Waals surface area contributed by atoms with Crippen molar-refractivity contribution in [3.8, 4) is 0 Å². The van der Waals surface area contributed by atoms with E-state index in [1.165, 1.54) is 12.2 Å². The second kappa shape index (κ2) is 11.5. The van der Waals surface area contributed by atoms with E-state index < -0.39 is 0 Å². The van der Waals surface area contributed by atoms with Crippen LogP contribution in [0.3, 0.4) is 0 Å². The minimum Gasteiger partial charge on any atom is -0.332 e. The van der Waals surface area contributed by atoms with E-state index in [4.69, 9.17) is 0 Å². The summed E-state index contributed by atoms with van der Waals surface area (Å²) in [6.45, 7) is 14.4. The molecule has 0 unspecified atom stereocenters. The van der Waals surface area contributed by atoms with Gasteiger partial charge in [0.15, 0.2) is 0 Å². The lowest BCUT2D eigenvalue weighted by Gasteiger charge is -2.19. The first-order valence-corrected chi connectivity index (χ1v) is 6.80. The molecule has 4 nitrogen and oxygen atoms in total. The van der Waals surface area contributed by atoms with Crippen LogP contribution in [0.25, 0.3) is 0 Å². The molecule has 0 heterocycles. The monoisotopic (exact) mass is 288 g/mol. The van der Waals surface area contributed by atoms with Gasteiger partial charge in [-0.25, -0.2) is 0 Å². The Morgan fingerprint density at radius 3 is 1.62 bits per heavy atom. The highest BCUT2D eigenvalue weighted by atomic mass is 16.2. The fourth-order valence-corrected chi connectivity index (χ4v) is 1.56. The molecule has 0 aromatic rings. The molecule has 0 aliphatic rings. The standard InChI is InChI=1S/C17H24N2O2/c1-5-9-13-19(17(21)8-4)15-11-10-14-18(12-6-2)16(20)7-3/h5-11H,2-4,12-15H2,1H3/b9-5+,11-10+. The third kappa shape index (κ3) is 7.72. The van der Waals surface area contributed by atoms with Crippen LogP contribution >= 0.6 is 0 Å². The zero-order valence-electron chi connectivity index (χ0n) is 12.7. The molecule has 0 rings (SSSR count). The van der Waals surface area contributed by atoms with E-state index >= 15 is 0 Å². The molecule has 0 N–H and O–H groups in total. The van der Waals surface area contributed by atoms with Crippen LogP contribution in [0.4, 0.5) is 0 Å². The maximum atomic E-state index is 11.7. The lowest BCUT2D eigenvalue weighted by molar-refractivity contribution is -0.126. The van der Waals surface area contributed by atoms with Crippen LogP contribution in [0, 0.1) is 0 Å². The molecule has 0 radical (unpaired) electrons. The Bertz CT molecular complexity index is 436. The van der Waals surface area contributed by atoms with Gasteiger partial charge in [-0.05, 0) is 19.1 Å². The molecule has 4 heteroatoms. The SMILES string of the molecule is C=CCN(C/C=C/CN(C/C=C/C)C(=O)C=C)C(=O)C=C.